The van der Waals surface area contributed by atoms with Gasteiger partial charge in [-0.1, -0.05) is 0 Å². The highest BCUT2D eigenvalue weighted by molar-refractivity contribution is 7.08. The molecule has 2 aliphatic heterocycles. The third-order valence-electron chi connectivity index (χ3n) is 6.43. The molecule has 0 spiro atoms. The summed E-state index contributed by atoms with van der Waals surface area (Å²) in [6.45, 7) is 0. The quantitative estimate of drug-likeness (QED) is 0.755. The smallest absolute Gasteiger partial charge is 0.190 e. The number of quaternary nitrogens is 1. The van der Waals surface area contributed by atoms with Gasteiger partial charge in [-0.25, -0.2) is 0 Å². The topological polar surface area (TPSA) is 99.7 Å². The van der Waals surface area contributed by atoms with E-state index in [-0.39, 0.29) is 17.5 Å². The van der Waals surface area contributed by atoms with Gasteiger partial charge in [-0.3, -0.25) is 0 Å². The minimum Gasteiger partial charge on any atom is -0.329 e. The van der Waals surface area contributed by atoms with Gasteiger partial charge >= 0.3 is 0 Å². The molecule has 1 aromatic rings. The molecule has 2 N–H and O–H groups in total. The van der Waals surface area contributed by atoms with E-state index in [0.29, 0.717) is 12.1 Å². The van der Waals surface area contributed by atoms with Crippen LogP contribution in [-0.4, -0.2) is 24.8 Å². The molecule has 1 saturated carbocycles. The summed E-state index contributed by atoms with van der Waals surface area (Å²) in [5.41, 5.74) is 0.308. The zero-order valence-electron chi connectivity index (χ0n) is 13.9. The first-order chi connectivity index (χ1) is 12.1. The molecule has 2 fully saturated rings. The van der Waals surface area contributed by atoms with Crippen LogP contribution in [0.2, 0.25) is 0 Å². The fourth-order valence-corrected chi connectivity index (χ4v) is 5.92. The molecule has 4 rings (SSSR count). The lowest BCUT2D eigenvalue weighted by molar-refractivity contribution is -0.916. The monoisotopic (exact) mass is 348 g/mol. The first-order valence-corrected chi connectivity index (χ1v) is 9.41. The van der Waals surface area contributed by atoms with Gasteiger partial charge in [-0.2, -0.15) is 27.1 Å². The summed E-state index contributed by atoms with van der Waals surface area (Å²) in [5.74, 6) is -1.17. The summed E-state index contributed by atoms with van der Waals surface area (Å²) in [4.78, 5) is 1.41. The Balaban J connectivity index is 1.99. The standard InChI is InChI=1S/C19H17N5S/c1-24-12-2-3-15(24)16-13(6-12)14(7-20)18(23)19(9-21,10-22)17(16)11-4-5-25-8-11/h4-6,8,12,14-17,23H,2-3H2,1H3/p+1/t12-,14?,15+,16+,17+/m1/s1. The minimum atomic E-state index is -1.57. The van der Waals surface area contributed by atoms with Gasteiger partial charge < -0.3 is 10.3 Å². The number of hydrogen-bond acceptors (Lipinski definition) is 5. The van der Waals surface area contributed by atoms with Crippen LogP contribution in [0.5, 0.6) is 0 Å². The van der Waals surface area contributed by atoms with Crippen molar-refractivity contribution < 1.29 is 4.90 Å². The van der Waals surface area contributed by atoms with Gasteiger partial charge in [0.05, 0.1) is 37.0 Å². The molecule has 5 nitrogen and oxygen atoms in total. The molecule has 0 amide bonds. The molecule has 1 saturated heterocycles. The van der Waals surface area contributed by atoms with Crippen molar-refractivity contribution in [2.75, 3.05) is 7.05 Å². The summed E-state index contributed by atoms with van der Waals surface area (Å²) in [7, 11) is 2.17. The summed E-state index contributed by atoms with van der Waals surface area (Å²) < 4.78 is 0. The second-order valence-electron chi connectivity index (χ2n) is 7.27. The molecular weight excluding hydrogens is 330 g/mol. The van der Waals surface area contributed by atoms with E-state index in [1.807, 2.05) is 16.8 Å². The Morgan fingerprint density at radius 3 is 2.64 bits per heavy atom. The lowest BCUT2D eigenvalue weighted by Crippen LogP contribution is -3.15. The number of thiophene rings is 1. The minimum absolute atomic E-state index is 0.0357. The van der Waals surface area contributed by atoms with Crippen LogP contribution in [0.15, 0.2) is 28.5 Å². The number of nitrogens with zero attached hydrogens (tertiary/aromatic N) is 3. The average Bonchev–Trinajstić information content (AvgIpc) is 3.21. The third-order valence-corrected chi connectivity index (χ3v) is 7.13. The molecule has 0 aromatic carbocycles. The summed E-state index contributed by atoms with van der Waals surface area (Å²) >= 11 is 1.54. The summed E-state index contributed by atoms with van der Waals surface area (Å²) in [6.07, 6.45) is 4.26. The van der Waals surface area contributed by atoms with Crippen molar-refractivity contribution in [3.05, 3.63) is 34.0 Å². The predicted octanol–water partition coefficient (Wildman–Crippen LogP) is 1.64. The van der Waals surface area contributed by atoms with Gasteiger partial charge in [0.25, 0.3) is 0 Å². The lowest BCUT2D eigenvalue weighted by Gasteiger charge is -2.48. The van der Waals surface area contributed by atoms with Gasteiger partial charge in [0.1, 0.15) is 12.0 Å². The Kier molecular flexibility index (Phi) is 3.55. The van der Waals surface area contributed by atoms with Crippen LogP contribution in [0, 0.1) is 56.7 Å². The largest absolute Gasteiger partial charge is 0.329 e. The van der Waals surface area contributed by atoms with E-state index in [1.54, 1.807) is 11.3 Å². The van der Waals surface area contributed by atoms with Crippen molar-refractivity contribution in [3.8, 4) is 18.2 Å². The maximum absolute atomic E-state index is 9.97. The molecule has 3 aliphatic rings. The second kappa shape index (κ2) is 5.53. The fraction of sp³-hybridized carbons (Fsp3) is 0.474. The number of nitrogens with one attached hydrogen (secondary N) is 2. The predicted molar refractivity (Wildman–Crippen MR) is 92.8 cm³/mol. The lowest BCUT2D eigenvalue weighted by atomic mass is 9.53. The Hall–Kier alpha value is -2.46. The van der Waals surface area contributed by atoms with E-state index in [1.165, 1.54) is 4.90 Å². The van der Waals surface area contributed by atoms with Gasteiger partial charge in [0.15, 0.2) is 5.41 Å². The Morgan fingerprint density at radius 2 is 2.04 bits per heavy atom. The summed E-state index contributed by atoms with van der Waals surface area (Å²) in [5, 5.41) is 42.2. The van der Waals surface area contributed by atoms with Gasteiger partial charge in [0, 0.05) is 24.7 Å². The van der Waals surface area contributed by atoms with Crippen LogP contribution in [0.1, 0.15) is 24.3 Å². The molecule has 25 heavy (non-hydrogen) atoms. The number of nitriles is 3. The molecular formula is C19H18N5S+. The highest BCUT2D eigenvalue weighted by atomic mass is 32.1. The zero-order chi connectivity index (χ0) is 17.8. The van der Waals surface area contributed by atoms with Crippen LogP contribution in [0.4, 0.5) is 0 Å². The van der Waals surface area contributed by atoms with Crippen LogP contribution < -0.4 is 4.90 Å². The van der Waals surface area contributed by atoms with Crippen molar-refractivity contribution in [1.29, 1.82) is 21.2 Å². The molecule has 2 bridgehead atoms. The first-order valence-electron chi connectivity index (χ1n) is 8.47. The molecule has 0 radical (unpaired) electrons. The molecule has 3 heterocycles. The van der Waals surface area contributed by atoms with Crippen LogP contribution in [0.3, 0.4) is 0 Å². The fourth-order valence-electron chi connectivity index (χ4n) is 5.22. The molecule has 124 valence electrons. The van der Waals surface area contributed by atoms with Crippen molar-refractivity contribution >= 4 is 17.0 Å². The van der Waals surface area contributed by atoms with Crippen molar-refractivity contribution in [1.82, 2.24) is 0 Å². The molecule has 6 atom stereocenters. The van der Waals surface area contributed by atoms with E-state index in [0.717, 1.165) is 24.0 Å². The number of rotatable bonds is 1. The molecule has 6 heteroatoms. The normalized spacial score (nSPS) is 38.0. The zero-order valence-corrected chi connectivity index (χ0v) is 14.7. The van der Waals surface area contributed by atoms with Gasteiger partial charge in [-0.15, -0.1) is 0 Å². The van der Waals surface area contributed by atoms with Gasteiger partial charge in [0.2, 0.25) is 0 Å². The molecule has 1 aliphatic carbocycles. The Morgan fingerprint density at radius 1 is 1.28 bits per heavy atom. The number of hydrogen-bond donors (Lipinski definition) is 2. The van der Waals surface area contributed by atoms with Crippen LogP contribution in [-0.2, 0) is 0 Å². The van der Waals surface area contributed by atoms with Crippen molar-refractivity contribution in [2.45, 2.75) is 30.8 Å². The maximum Gasteiger partial charge on any atom is 0.190 e. The Labute approximate surface area is 150 Å². The number of fused-ring (bicyclic) bond motifs is 4. The first kappa shape index (κ1) is 16.0. The SMILES string of the molecule is C[NH+]1[C@H]2C=C3C(C#N)C(=N)C(C#N)(C#N)[C@@H](c4ccsc4)[C@@H]3[C@@H]1CC2. The van der Waals surface area contributed by atoms with Crippen molar-refractivity contribution in [2.24, 2.45) is 17.3 Å². The van der Waals surface area contributed by atoms with Gasteiger partial charge in [-0.05, 0) is 34.0 Å². The van der Waals surface area contributed by atoms with Crippen LogP contribution in [0.25, 0.3) is 0 Å². The maximum atomic E-state index is 9.97. The number of likely N-dealkylation sites (N-methyl/N-ethyl adjacent to an activating group) is 1. The summed E-state index contributed by atoms with van der Waals surface area (Å²) in [6, 6.07) is 9.17. The van der Waals surface area contributed by atoms with E-state index < -0.39 is 11.3 Å². The Bertz CT molecular complexity index is 864. The van der Waals surface area contributed by atoms with E-state index in [9.17, 15) is 15.8 Å². The third kappa shape index (κ3) is 1.91. The van der Waals surface area contributed by atoms with E-state index >= 15 is 0 Å². The van der Waals surface area contributed by atoms with Crippen LogP contribution >= 0.6 is 11.3 Å². The average molecular weight is 348 g/mol. The molecule has 1 aromatic heterocycles. The van der Waals surface area contributed by atoms with E-state index in [2.05, 4.69) is 31.3 Å². The van der Waals surface area contributed by atoms with Crippen molar-refractivity contribution in [3.63, 3.8) is 0 Å². The molecule has 2 unspecified atom stereocenters. The highest BCUT2D eigenvalue weighted by Gasteiger charge is 2.62. The van der Waals surface area contributed by atoms with E-state index in [4.69, 9.17) is 5.41 Å². The highest BCUT2D eigenvalue weighted by Crippen LogP contribution is 2.55. The second-order valence-corrected chi connectivity index (χ2v) is 8.05.